The van der Waals surface area contributed by atoms with Crippen molar-refractivity contribution in [2.45, 2.75) is 18.6 Å². The average molecular weight is 247 g/mol. The molecule has 1 aromatic rings. The van der Waals surface area contributed by atoms with E-state index in [0.717, 1.165) is 0 Å². The number of hydrogen-bond donors (Lipinski definition) is 3. The van der Waals surface area contributed by atoms with Crippen molar-refractivity contribution in [3.05, 3.63) is 39.8 Å². The zero-order valence-electron chi connectivity index (χ0n) is 9.56. The highest BCUT2D eigenvalue weighted by atomic mass is 16.3. The van der Waals surface area contributed by atoms with Gasteiger partial charge in [-0.2, -0.15) is 5.26 Å². The molecule has 0 saturated carbocycles. The van der Waals surface area contributed by atoms with Crippen LogP contribution in [0, 0.1) is 11.3 Å². The fraction of sp³-hybridized carbons (Fsp3) is 0.364. The fourth-order valence-corrected chi connectivity index (χ4v) is 1.48. The number of hydrogen-bond acceptors (Lipinski definition) is 5. The predicted octanol–water partition coefficient (Wildman–Crippen LogP) is 1.24. The number of aliphatic hydroxyl groups is 2. The Hall–Kier alpha value is -2.26. The van der Waals surface area contributed by atoms with Crippen molar-refractivity contribution in [3.63, 3.8) is 0 Å². The lowest BCUT2D eigenvalue weighted by Gasteiger charge is -2.17. The van der Waals surface area contributed by atoms with Crippen LogP contribution in [0.3, 0.4) is 0 Å². The Labute approximate surface area is 104 Å². The lowest BCUT2D eigenvalue weighted by atomic mass is 10.00. The number of nitrogens with two attached hydrogens (primary N) is 1. The maximum atomic E-state index is 9.85. The van der Waals surface area contributed by atoms with Crippen molar-refractivity contribution < 1.29 is 10.2 Å². The summed E-state index contributed by atoms with van der Waals surface area (Å²) in [6.45, 7) is 0.0977. The smallest absolute Gasteiger partial charge is 0.105 e. The monoisotopic (exact) mass is 247 g/mol. The normalized spacial score (nSPS) is 13.2. The maximum absolute atomic E-state index is 9.85. The summed E-state index contributed by atoms with van der Waals surface area (Å²) >= 11 is 0. The second kappa shape index (κ2) is 6.47. The minimum Gasteiger partial charge on any atom is -0.398 e. The van der Waals surface area contributed by atoms with E-state index in [1.54, 1.807) is 0 Å². The first-order valence-electron chi connectivity index (χ1n) is 5.26. The molecule has 18 heavy (non-hydrogen) atoms. The van der Waals surface area contributed by atoms with E-state index >= 15 is 0 Å². The number of rotatable bonds is 5. The van der Waals surface area contributed by atoms with Crippen molar-refractivity contribution in [2.75, 3.05) is 12.3 Å². The van der Waals surface area contributed by atoms with Crippen molar-refractivity contribution in [3.8, 4) is 6.07 Å². The summed E-state index contributed by atoms with van der Waals surface area (Å²) in [7, 11) is 0. The number of nitrogen functional groups attached to an aromatic ring is 1. The van der Waals surface area contributed by atoms with Crippen molar-refractivity contribution in [1.29, 1.82) is 5.26 Å². The number of nitrogens with zero attached hydrogens (tertiary/aromatic N) is 4. The molecule has 0 fully saturated rings. The SMILES string of the molecule is N#Cc1ccc(C(O)C(O)CCN=[N+]=[N-])cc1N. The van der Waals surface area contributed by atoms with E-state index in [-0.39, 0.29) is 18.7 Å². The van der Waals surface area contributed by atoms with Crippen LogP contribution in [0.4, 0.5) is 5.69 Å². The van der Waals surface area contributed by atoms with Gasteiger partial charge in [-0.1, -0.05) is 11.2 Å². The Morgan fingerprint density at radius 3 is 2.78 bits per heavy atom. The molecule has 0 saturated heterocycles. The molecule has 7 nitrogen and oxygen atoms in total. The topological polar surface area (TPSA) is 139 Å². The van der Waals surface area contributed by atoms with Gasteiger partial charge in [0.2, 0.25) is 0 Å². The summed E-state index contributed by atoms with van der Waals surface area (Å²) in [5.74, 6) is 0. The molecule has 0 aliphatic rings. The van der Waals surface area contributed by atoms with Gasteiger partial charge in [-0.25, -0.2) is 0 Å². The second-order valence-corrected chi connectivity index (χ2v) is 3.71. The van der Waals surface area contributed by atoms with Crippen LogP contribution < -0.4 is 5.73 Å². The van der Waals surface area contributed by atoms with Crippen LogP contribution >= 0.6 is 0 Å². The number of benzene rings is 1. The van der Waals surface area contributed by atoms with E-state index in [2.05, 4.69) is 10.0 Å². The largest absolute Gasteiger partial charge is 0.398 e. The molecular weight excluding hydrogens is 234 g/mol. The first-order chi connectivity index (χ1) is 8.60. The number of anilines is 1. The lowest BCUT2D eigenvalue weighted by Crippen LogP contribution is -2.19. The van der Waals surface area contributed by atoms with Gasteiger partial charge in [0.05, 0.1) is 11.7 Å². The highest BCUT2D eigenvalue weighted by Gasteiger charge is 2.18. The van der Waals surface area contributed by atoms with Crippen LogP contribution in [0.15, 0.2) is 23.3 Å². The van der Waals surface area contributed by atoms with E-state index in [0.29, 0.717) is 11.1 Å². The molecule has 0 spiro atoms. The summed E-state index contributed by atoms with van der Waals surface area (Å²) in [5, 5.41) is 31.5. The van der Waals surface area contributed by atoms with Crippen molar-refractivity contribution in [2.24, 2.45) is 5.11 Å². The van der Waals surface area contributed by atoms with E-state index < -0.39 is 12.2 Å². The molecule has 0 bridgehead atoms. The first kappa shape index (κ1) is 13.8. The Kier molecular flexibility index (Phi) is 4.96. The van der Waals surface area contributed by atoms with Gasteiger partial charge in [-0.05, 0) is 29.6 Å². The molecule has 0 heterocycles. The van der Waals surface area contributed by atoms with E-state index in [4.69, 9.17) is 16.5 Å². The van der Waals surface area contributed by atoms with Gasteiger partial charge >= 0.3 is 0 Å². The van der Waals surface area contributed by atoms with Crippen LogP contribution in [0.2, 0.25) is 0 Å². The van der Waals surface area contributed by atoms with Gasteiger partial charge in [0, 0.05) is 17.1 Å². The zero-order chi connectivity index (χ0) is 13.5. The van der Waals surface area contributed by atoms with Crippen molar-refractivity contribution in [1.82, 2.24) is 0 Å². The molecule has 2 unspecified atom stereocenters. The predicted molar refractivity (Wildman–Crippen MR) is 65.2 cm³/mol. The summed E-state index contributed by atoms with van der Waals surface area (Å²) in [6, 6.07) is 6.36. The zero-order valence-corrected chi connectivity index (χ0v) is 9.56. The Bertz CT molecular complexity index is 505. The molecule has 4 N–H and O–H groups in total. The summed E-state index contributed by atoms with van der Waals surface area (Å²) < 4.78 is 0. The number of azide groups is 1. The Balaban J connectivity index is 2.77. The van der Waals surface area contributed by atoms with Crippen LogP contribution in [-0.2, 0) is 0 Å². The second-order valence-electron chi connectivity index (χ2n) is 3.71. The Morgan fingerprint density at radius 1 is 1.50 bits per heavy atom. The highest BCUT2D eigenvalue weighted by molar-refractivity contribution is 5.55. The highest BCUT2D eigenvalue weighted by Crippen LogP contribution is 2.23. The minimum absolute atomic E-state index is 0.0977. The van der Waals surface area contributed by atoms with Gasteiger partial charge in [-0.15, -0.1) is 0 Å². The third kappa shape index (κ3) is 3.37. The molecule has 7 heteroatoms. The quantitative estimate of drug-likeness (QED) is 0.311. The third-order valence-electron chi connectivity index (χ3n) is 2.49. The first-order valence-corrected chi connectivity index (χ1v) is 5.26. The van der Waals surface area contributed by atoms with Gasteiger partial charge in [-0.3, -0.25) is 0 Å². The van der Waals surface area contributed by atoms with Crippen LogP contribution in [0.1, 0.15) is 23.7 Å². The minimum atomic E-state index is -1.13. The summed E-state index contributed by atoms with van der Waals surface area (Å²) in [6.07, 6.45) is -2.04. The van der Waals surface area contributed by atoms with Gasteiger partial charge in [0.25, 0.3) is 0 Å². The van der Waals surface area contributed by atoms with Crippen LogP contribution in [-0.4, -0.2) is 22.9 Å². The van der Waals surface area contributed by atoms with Crippen molar-refractivity contribution >= 4 is 5.69 Å². The van der Waals surface area contributed by atoms with Gasteiger partial charge in [0.1, 0.15) is 12.2 Å². The van der Waals surface area contributed by atoms with E-state index in [1.165, 1.54) is 18.2 Å². The molecule has 0 aliphatic heterocycles. The number of aliphatic hydroxyl groups excluding tert-OH is 2. The van der Waals surface area contributed by atoms with Gasteiger partial charge in [0.15, 0.2) is 0 Å². The molecule has 0 aliphatic carbocycles. The Morgan fingerprint density at radius 2 is 2.22 bits per heavy atom. The molecule has 0 radical (unpaired) electrons. The number of nitriles is 1. The molecule has 1 aromatic carbocycles. The van der Waals surface area contributed by atoms with E-state index in [1.807, 2.05) is 6.07 Å². The average Bonchev–Trinajstić information content (AvgIpc) is 2.38. The third-order valence-corrected chi connectivity index (χ3v) is 2.49. The molecule has 1 rings (SSSR count). The molecule has 0 aromatic heterocycles. The molecule has 94 valence electrons. The summed E-state index contributed by atoms with van der Waals surface area (Å²) in [5.41, 5.74) is 14.7. The molecule has 2 atom stereocenters. The molecule has 0 amide bonds. The van der Waals surface area contributed by atoms with E-state index in [9.17, 15) is 10.2 Å². The maximum Gasteiger partial charge on any atom is 0.105 e. The van der Waals surface area contributed by atoms with Crippen LogP contribution in [0.5, 0.6) is 0 Å². The summed E-state index contributed by atoms with van der Waals surface area (Å²) in [4.78, 5) is 2.55. The molecular formula is C11H13N5O2. The van der Waals surface area contributed by atoms with Gasteiger partial charge < -0.3 is 15.9 Å². The fourth-order valence-electron chi connectivity index (χ4n) is 1.48. The standard InChI is InChI=1S/C11H13N5O2/c12-6-8-2-1-7(5-9(8)13)11(18)10(17)3-4-15-16-14/h1-2,5,10-11,17-18H,3-4,13H2. The lowest BCUT2D eigenvalue weighted by molar-refractivity contribution is 0.0151. The van der Waals surface area contributed by atoms with Crippen LogP contribution in [0.25, 0.3) is 10.4 Å².